The molecule has 2 aromatic heterocycles. The van der Waals surface area contributed by atoms with Crippen molar-refractivity contribution in [2.45, 2.75) is 44.4 Å². The number of amides is 1. The monoisotopic (exact) mass is 461 g/mol. The molecule has 7 nitrogen and oxygen atoms in total. The van der Waals surface area contributed by atoms with Crippen molar-refractivity contribution in [3.05, 3.63) is 46.0 Å². The maximum absolute atomic E-state index is 13.1. The molecule has 1 aliphatic rings. The number of fused-ring (bicyclic) bond motifs is 1. The lowest BCUT2D eigenvalue weighted by molar-refractivity contribution is -0.118. The smallest absolute Gasteiger partial charge is 0.274 e. The minimum absolute atomic E-state index is 0.0912. The highest BCUT2D eigenvalue weighted by Crippen LogP contribution is 2.30. The predicted molar refractivity (Wildman–Crippen MR) is 122 cm³/mol. The summed E-state index contributed by atoms with van der Waals surface area (Å²) in [6, 6.07) is 5.90. The molecule has 1 saturated heterocycles. The molecule has 31 heavy (non-hydrogen) atoms. The average molecular weight is 462 g/mol. The molecular weight excluding hydrogens is 437 g/mol. The minimum atomic E-state index is -0.311. The maximum atomic E-state index is 13.1. The molecule has 1 aliphatic heterocycles. The Morgan fingerprint density at radius 3 is 2.61 bits per heavy atom. The van der Waals surface area contributed by atoms with Gasteiger partial charge in [-0.3, -0.25) is 14.2 Å². The van der Waals surface area contributed by atoms with E-state index in [1.807, 2.05) is 13.8 Å². The first kappa shape index (κ1) is 21.8. The van der Waals surface area contributed by atoms with Crippen LogP contribution in [0.3, 0.4) is 0 Å². The van der Waals surface area contributed by atoms with Crippen LogP contribution in [0, 0.1) is 5.82 Å². The fraction of sp³-hybridized carbons (Fsp3) is 0.429. The minimum Gasteiger partial charge on any atom is -0.351 e. The summed E-state index contributed by atoms with van der Waals surface area (Å²) in [5, 5.41) is 4.14. The van der Waals surface area contributed by atoms with Crippen molar-refractivity contribution in [2.75, 3.05) is 23.7 Å². The van der Waals surface area contributed by atoms with Gasteiger partial charge in [0, 0.05) is 25.7 Å². The highest BCUT2D eigenvalue weighted by Gasteiger charge is 2.22. The summed E-state index contributed by atoms with van der Waals surface area (Å²) in [4.78, 5) is 36.9. The third-order valence-corrected chi connectivity index (χ3v) is 7.09. The van der Waals surface area contributed by atoms with Crippen LogP contribution in [0.25, 0.3) is 10.3 Å². The van der Waals surface area contributed by atoms with Gasteiger partial charge in [0.15, 0.2) is 15.9 Å². The fourth-order valence-electron chi connectivity index (χ4n) is 3.44. The number of thiazole rings is 1. The lowest BCUT2D eigenvalue weighted by Gasteiger charge is -2.14. The van der Waals surface area contributed by atoms with Gasteiger partial charge in [-0.15, -0.1) is 0 Å². The molecule has 0 spiro atoms. The van der Waals surface area contributed by atoms with Gasteiger partial charge in [-0.1, -0.05) is 35.2 Å². The van der Waals surface area contributed by atoms with Crippen LogP contribution in [0.2, 0.25) is 0 Å². The summed E-state index contributed by atoms with van der Waals surface area (Å²) in [5.74, 6) is -0.377. The average Bonchev–Trinajstić information content (AvgIpc) is 3.41. The zero-order chi connectivity index (χ0) is 22.0. The Kier molecular flexibility index (Phi) is 6.57. The standard InChI is InChI=1S/C21H24FN5O2S2/c1-13(2)27-19(29)17-18(24-20(31-17)26-9-3-4-10-26)25-21(27)30-12-16(28)23-11-14-5-7-15(22)8-6-14/h5-8,13H,3-4,9-12H2,1-2H3,(H,23,28). The van der Waals surface area contributed by atoms with E-state index in [1.54, 1.807) is 16.7 Å². The van der Waals surface area contributed by atoms with Crippen LogP contribution in [-0.4, -0.2) is 39.3 Å². The van der Waals surface area contributed by atoms with E-state index < -0.39 is 0 Å². The van der Waals surface area contributed by atoms with E-state index >= 15 is 0 Å². The summed E-state index contributed by atoms with van der Waals surface area (Å²) in [7, 11) is 0. The van der Waals surface area contributed by atoms with Gasteiger partial charge >= 0.3 is 0 Å². The Balaban J connectivity index is 1.50. The first-order valence-corrected chi connectivity index (χ1v) is 12.0. The van der Waals surface area contributed by atoms with Crippen molar-refractivity contribution in [1.82, 2.24) is 19.9 Å². The first-order chi connectivity index (χ1) is 14.9. The quantitative estimate of drug-likeness (QED) is 0.428. The molecular formula is C21H24FN5O2S2. The Labute approximate surface area is 187 Å². The highest BCUT2D eigenvalue weighted by atomic mass is 32.2. The van der Waals surface area contributed by atoms with E-state index in [4.69, 9.17) is 0 Å². The van der Waals surface area contributed by atoms with E-state index in [1.165, 1.54) is 35.2 Å². The number of carbonyl (C=O) groups is 1. The number of rotatable bonds is 7. The van der Waals surface area contributed by atoms with Crippen molar-refractivity contribution in [1.29, 1.82) is 0 Å². The molecule has 1 N–H and O–H groups in total. The van der Waals surface area contributed by atoms with E-state index in [9.17, 15) is 14.0 Å². The highest BCUT2D eigenvalue weighted by molar-refractivity contribution is 7.99. The Morgan fingerprint density at radius 2 is 1.94 bits per heavy atom. The van der Waals surface area contributed by atoms with Crippen LogP contribution < -0.4 is 15.8 Å². The number of halogens is 1. The lowest BCUT2D eigenvalue weighted by Crippen LogP contribution is -2.27. The zero-order valence-corrected chi connectivity index (χ0v) is 19.1. The molecule has 1 fully saturated rings. The molecule has 1 amide bonds. The Bertz CT molecular complexity index is 1140. The normalized spacial score (nSPS) is 14.0. The molecule has 0 unspecified atom stereocenters. The molecule has 3 heterocycles. The molecule has 0 radical (unpaired) electrons. The summed E-state index contributed by atoms with van der Waals surface area (Å²) < 4.78 is 15.2. The molecule has 10 heteroatoms. The summed E-state index contributed by atoms with van der Waals surface area (Å²) in [5.41, 5.74) is 1.15. The lowest BCUT2D eigenvalue weighted by atomic mass is 10.2. The largest absolute Gasteiger partial charge is 0.351 e. The predicted octanol–water partition coefficient (Wildman–Crippen LogP) is 3.58. The molecule has 0 aliphatic carbocycles. The zero-order valence-electron chi connectivity index (χ0n) is 17.4. The number of nitrogens with one attached hydrogen (secondary N) is 1. The molecule has 164 valence electrons. The number of hydrogen-bond acceptors (Lipinski definition) is 7. The number of benzene rings is 1. The number of anilines is 1. The number of aromatic nitrogens is 3. The van der Waals surface area contributed by atoms with Crippen molar-refractivity contribution >= 4 is 44.5 Å². The second-order valence-corrected chi connectivity index (χ2v) is 9.62. The van der Waals surface area contributed by atoms with E-state index in [-0.39, 0.29) is 29.1 Å². The van der Waals surface area contributed by atoms with Crippen LogP contribution >= 0.6 is 23.1 Å². The van der Waals surface area contributed by atoms with Crippen LogP contribution in [0.5, 0.6) is 0 Å². The number of thioether (sulfide) groups is 1. The van der Waals surface area contributed by atoms with Gasteiger partial charge in [0.1, 0.15) is 10.5 Å². The number of hydrogen-bond donors (Lipinski definition) is 1. The molecule has 0 bridgehead atoms. The van der Waals surface area contributed by atoms with Crippen LogP contribution in [0.1, 0.15) is 38.3 Å². The second-order valence-electron chi connectivity index (χ2n) is 7.70. The number of carbonyl (C=O) groups excluding carboxylic acids is 1. The van der Waals surface area contributed by atoms with Gasteiger partial charge in [-0.25, -0.2) is 9.37 Å². The van der Waals surface area contributed by atoms with E-state index in [0.29, 0.717) is 22.0 Å². The van der Waals surface area contributed by atoms with E-state index in [2.05, 4.69) is 20.2 Å². The molecule has 4 rings (SSSR count). The Hall–Kier alpha value is -2.46. The van der Waals surface area contributed by atoms with Gasteiger partial charge in [0.25, 0.3) is 5.56 Å². The summed E-state index contributed by atoms with van der Waals surface area (Å²) in [6.07, 6.45) is 2.27. The second kappa shape index (κ2) is 9.35. The fourth-order valence-corrected chi connectivity index (χ4v) is 5.38. The van der Waals surface area contributed by atoms with Crippen molar-refractivity contribution < 1.29 is 9.18 Å². The van der Waals surface area contributed by atoms with Gasteiger partial charge < -0.3 is 10.2 Å². The van der Waals surface area contributed by atoms with E-state index in [0.717, 1.165) is 36.6 Å². The molecule has 3 aromatic rings. The van der Waals surface area contributed by atoms with Gasteiger partial charge in [0.2, 0.25) is 5.91 Å². The molecule has 0 atom stereocenters. The molecule has 1 aromatic carbocycles. The Morgan fingerprint density at radius 1 is 1.23 bits per heavy atom. The summed E-state index contributed by atoms with van der Waals surface area (Å²) in [6.45, 7) is 6.07. The van der Waals surface area contributed by atoms with Crippen LogP contribution in [0.15, 0.2) is 34.2 Å². The van der Waals surface area contributed by atoms with Crippen molar-refractivity contribution in [3.8, 4) is 0 Å². The van der Waals surface area contributed by atoms with Gasteiger partial charge in [-0.2, -0.15) is 4.98 Å². The SMILES string of the molecule is CC(C)n1c(SCC(=O)NCc2ccc(F)cc2)nc2nc(N3CCCC3)sc2c1=O. The third kappa shape index (κ3) is 4.90. The summed E-state index contributed by atoms with van der Waals surface area (Å²) >= 11 is 2.62. The third-order valence-electron chi connectivity index (χ3n) is 5.05. The van der Waals surface area contributed by atoms with Gasteiger partial charge in [0.05, 0.1) is 5.75 Å². The van der Waals surface area contributed by atoms with Gasteiger partial charge in [-0.05, 0) is 44.4 Å². The molecule has 0 saturated carbocycles. The van der Waals surface area contributed by atoms with Crippen LogP contribution in [-0.2, 0) is 11.3 Å². The number of nitrogens with zero attached hydrogens (tertiary/aromatic N) is 4. The maximum Gasteiger partial charge on any atom is 0.274 e. The van der Waals surface area contributed by atoms with Crippen molar-refractivity contribution in [3.63, 3.8) is 0 Å². The topological polar surface area (TPSA) is 80.1 Å². The van der Waals surface area contributed by atoms with Crippen molar-refractivity contribution in [2.24, 2.45) is 0 Å². The van der Waals surface area contributed by atoms with Crippen LogP contribution in [0.4, 0.5) is 9.52 Å². The first-order valence-electron chi connectivity index (χ1n) is 10.2.